The van der Waals surface area contributed by atoms with Crippen LogP contribution in [0.5, 0.6) is 0 Å². The van der Waals surface area contributed by atoms with Gasteiger partial charge in [-0.05, 0) is 34.6 Å². The molecule has 5 fully saturated rings. The predicted molar refractivity (Wildman–Crippen MR) is 166 cm³/mol. The van der Waals surface area contributed by atoms with Crippen LogP contribution in [0.4, 0.5) is 0 Å². The third-order valence-corrected chi connectivity index (χ3v) is 10.2. The second-order valence-electron chi connectivity index (χ2n) is 13.8. The van der Waals surface area contributed by atoms with Crippen molar-refractivity contribution in [3.8, 4) is 0 Å². The van der Waals surface area contributed by atoms with Gasteiger partial charge >= 0.3 is 5.97 Å². The van der Waals surface area contributed by atoms with Crippen molar-refractivity contribution in [3.05, 3.63) is 0 Å². The molecule has 284 valence electrons. The molecule has 0 saturated carbocycles. The molecular weight excluding hydrogens is 652 g/mol. The van der Waals surface area contributed by atoms with Gasteiger partial charge in [0, 0.05) is 47.0 Å². The molecule has 5 aliphatic rings. The van der Waals surface area contributed by atoms with Crippen LogP contribution in [0.25, 0.3) is 0 Å². The maximum absolute atomic E-state index is 11.8. The molecule has 0 bridgehead atoms. The van der Waals surface area contributed by atoms with Gasteiger partial charge in [0.05, 0.1) is 61.4 Å². The Morgan fingerprint density at radius 2 is 0.898 bits per heavy atom. The van der Waals surface area contributed by atoms with E-state index in [9.17, 15) is 20.1 Å². The van der Waals surface area contributed by atoms with Crippen LogP contribution in [-0.4, -0.2) is 159 Å². The van der Waals surface area contributed by atoms with Crippen molar-refractivity contribution >= 4 is 5.97 Å². The van der Waals surface area contributed by atoms with Gasteiger partial charge in [-0.3, -0.25) is 4.79 Å². The summed E-state index contributed by atoms with van der Waals surface area (Å²) in [5.74, 6) is -0.357. The Bertz CT molecular complexity index is 1030. The summed E-state index contributed by atoms with van der Waals surface area (Å²) >= 11 is 0. The molecule has 5 heterocycles. The number of aliphatic hydroxyl groups excluding tert-OH is 3. The highest BCUT2D eigenvalue weighted by Crippen LogP contribution is 2.35. The largest absolute Gasteiger partial charge is 0.460 e. The first-order valence-corrected chi connectivity index (χ1v) is 17.4. The van der Waals surface area contributed by atoms with Crippen molar-refractivity contribution in [1.82, 2.24) is 0 Å². The van der Waals surface area contributed by atoms with E-state index >= 15 is 0 Å². The average Bonchev–Trinajstić information content (AvgIpc) is 3.04. The standard InChI is InChI=1S/C33H56O16/c1-14-29(37)21(38-6)12-27(42-14)49-33-18(5)45-28(13-23(33)40-8)47-31-16(3)43-25(9-19(31)34)46-30-15(2)44-26(10-20(30)35)48-32-17(4)41-24(36)11-22(32)39-7/h14-23,25-35,37H,9-13H2,1-8H3/t14-,15-,16-,17-,18-,19-,20+,21+,22-,23+,25+,26+,27+,28+,29-,30-,31-,32-,33-/m1/s1. The Hall–Kier alpha value is -1.09. The zero-order valence-corrected chi connectivity index (χ0v) is 29.7. The minimum absolute atomic E-state index is 0.0669. The monoisotopic (exact) mass is 708 g/mol. The Kier molecular flexibility index (Phi) is 13.7. The number of rotatable bonds is 11. The van der Waals surface area contributed by atoms with E-state index in [4.69, 9.17) is 56.8 Å². The minimum atomic E-state index is -0.952. The molecule has 0 aromatic heterocycles. The van der Waals surface area contributed by atoms with Crippen LogP contribution >= 0.6 is 0 Å². The Labute approximate surface area is 287 Å². The van der Waals surface area contributed by atoms with E-state index in [0.29, 0.717) is 12.8 Å². The molecule has 5 aliphatic heterocycles. The average molecular weight is 709 g/mol. The lowest BCUT2D eigenvalue weighted by Gasteiger charge is -2.46. The fraction of sp³-hybridized carbons (Fsp3) is 0.970. The summed E-state index contributed by atoms with van der Waals surface area (Å²) in [7, 11) is 4.65. The maximum Gasteiger partial charge on any atom is 0.308 e. The fourth-order valence-corrected chi connectivity index (χ4v) is 7.48. The van der Waals surface area contributed by atoms with Gasteiger partial charge in [-0.15, -0.1) is 0 Å². The summed E-state index contributed by atoms with van der Waals surface area (Å²) in [5, 5.41) is 32.5. The number of cyclic esters (lactones) is 1. The molecule has 19 atom stereocenters. The molecule has 16 nitrogen and oxygen atoms in total. The third kappa shape index (κ3) is 9.29. The van der Waals surface area contributed by atoms with Crippen LogP contribution in [0.3, 0.4) is 0 Å². The molecule has 16 heteroatoms. The van der Waals surface area contributed by atoms with Crippen molar-refractivity contribution in [2.45, 2.75) is 183 Å². The summed E-state index contributed by atoms with van der Waals surface area (Å²) < 4.78 is 71.0. The zero-order valence-electron chi connectivity index (χ0n) is 29.7. The molecular formula is C33H56O16. The first-order chi connectivity index (χ1) is 23.3. The smallest absolute Gasteiger partial charge is 0.308 e. The summed E-state index contributed by atoms with van der Waals surface area (Å²) in [6.07, 6.45) is -11.0. The second kappa shape index (κ2) is 17.2. The SMILES string of the molecule is CO[C@H]1C[C@H](O[C@H]2[C@@H](OC)C[C@H](O[C@H]3[C@H](O)C[C@H](O[C@H]4[C@@H](O)C[C@H](O[C@@H]5[C@@H](C)OC(=O)C[C@H]5OC)O[C@@H]4C)O[C@@H]3C)O[C@@H]2C)O[C@H](C)[C@H]1O. The quantitative estimate of drug-likeness (QED) is 0.252. The topological polar surface area (TPSA) is 189 Å². The number of hydrogen-bond acceptors (Lipinski definition) is 16. The lowest BCUT2D eigenvalue weighted by molar-refractivity contribution is -0.347. The molecule has 5 saturated heterocycles. The first-order valence-electron chi connectivity index (χ1n) is 17.4. The number of aliphatic hydroxyl groups is 3. The Balaban J connectivity index is 1.10. The van der Waals surface area contributed by atoms with Crippen LogP contribution in [0.2, 0.25) is 0 Å². The molecule has 0 amide bonds. The first kappa shape index (κ1) is 39.1. The fourth-order valence-electron chi connectivity index (χ4n) is 7.48. The van der Waals surface area contributed by atoms with Crippen LogP contribution in [0.15, 0.2) is 0 Å². The van der Waals surface area contributed by atoms with E-state index in [2.05, 4.69) is 0 Å². The van der Waals surface area contributed by atoms with Gasteiger partial charge in [-0.1, -0.05) is 0 Å². The van der Waals surface area contributed by atoms with Gasteiger partial charge in [-0.2, -0.15) is 0 Å². The highest BCUT2D eigenvalue weighted by Gasteiger charge is 2.48. The van der Waals surface area contributed by atoms with Gasteiger partial charge in [0.15, 0.2) is 25.2 Å². The van der Waals surface area contributed by atoms with Gasteiger partial charge in [-0.25, -0.2) is 0 Å². The zero-order chi connectivity index (χ0) is 35.6. The molecule has 3 N–H and O–H groups in total. The summed E-state index contributed by atoms with van der Waals surface area (Å²) in [5.41, 5.74) is 0. The third-order valence-electron chi connectivity index (χ3n) is 10.2. The van der Waals surface area contributed by atoms with E-state index < -0.39 is 117 Å². The van der Waals surface area contributed by atoms with E-state index in [1.807, 2.05) is 6.92 Å². The maximum atomic E-state index is 11.8. The van der Waals surface area contributed by atoms with Crippen molar-refractivity contribution in [1.29, 1.82) is 0 Å². The molecule has 0 spiro atoms. The highest BCUT2D eigenvalue weighted by molar-refractivity contribution is 5.71. The van der Waals surface area contributed by atoms with Gasteiger partial charge in [0.2, 0.25) is 0 Å². The molecule has 0 radical (unpaired) electrons. The predicted octanol–water partition coefficient (Wildman–Crippen LogP) is 0.530. The van der Waals surface area contributed by atoms with Gasteiger partial charge in [0.25, 0.3) is 0 Å². The van der Waals surface area contributed by atoms with Crippen LogP contribution in [0.1, 0.15) is 66.7 Å². The van der Waals surface area contributed by atoms with Crippen molar-refractivity contribution in [2.75, 3.05) is 21.3 Å². The Morgan fingerprint density at radius 1 is 0.510 bits per heavy atom. The molecule has 49 heavy (non-hydrogen) atoms. The van der Waals surface area contributed by atoms with Crippen molar-refractivity contribution < 1.29 is 77.0 Å². The number of carbonyl (C=O) groups excluding carboxylic acids is 1. The van der Waals surface area contributed by atoms with Crippen molar-refractivity contribution in [2.24, 2.45) is 0 Å². The summed E-state index contributed by atoms with van der Waals surface area (Å²) in [6.45, 7) is 8.90. The number of carbonyl (C=O) groups is 1. The second-order valence-corrected chi connectivity index (χ2v) is 13.8. The molecule has 0 aromatic carbocycles. The van der Waals surface area contributed by atoms with Gasteiger partial charge in [0.1, 0.15) is 36.6 Å². The lowest BCUT2D eigenvalue weighted by atomic mass is 9.98. The van der Waals surface area contributed by atoms with Crippen LogP contribution in [0, 0.1) is 0 Å². The van der Waals surface area contributed by atoms with Crippen LogP contribution < -0.4 is 0 Å². The number of hydrogen-bond donors (Lipinski definition) is 3. The molecule has 0 unspecified atom stereocenters. The normalized spacial score (nSPS) is 49.8. The molecule has 0 aromatic rings. The van der Waals surface area contributed by atoms with E-state index in [1.165, 1.54) is 7.11 Å². The lowest BCUT2D eigenvalue weighted by Crippen LogP contribution is -2.58. The summed E-state index contributed by atoms with van der Waals surface area (Å²) in [4.78, 5) is 11.8. The van der Waals surface area contributed by atoms with Gasteiger partial charge < -0.3 is 72.2 Å². The van der Waals surface area contributed by atoms with Crippen LogP contribution in [-0.2, 0) is 61.6 Å². The summed E-state index contributed by atoms with van der Waals surface area (Å²) in [6, 6.07) is 0. The van der Waals surface area contributed by atoms with E-state index in [1.54, 1.807) is 41.9 Å². The van der Waals surface area contributed by atoms with Crippen molar-refractivity contribution in [3.63, 3.8) is 0 Å². The van der Waals surface area contributed by atoms with E-state index in [0.717, 1.165) is 0 Å². The number of ether oxygens (including phenoxy) is 12. The Morgan fingerprint density at radius 3 is 1.37 bits per heavy atom. The number of esters is 1. The molecule has 5 rings (SSSR count). The minimum Gasteiger partial charge on any atom is -0.460 e. The van der Waals surface area contributed by atoms with E-state index in [-0.39, 0.29) is 25.2 Å². The molecule has 0 aliphatic carbocycles. The number of methoxy groups -OCH3 is 3. The highest BCUT2D eigenvalue weighted by atomic mass is 16.8.